The predicted octanol–water partition coefficient (Wildman–Crippen LogP) is 1.26. The van der Waals surface area contributed by atoms with Gasteiger partial charge in [-0.15, -0.1) is 0 Å². The van der Waals surface area contributed by atoms with Crippen LogP contribution in [0.15, 0.2) is 24.3 Å². The molecule has 3 rings (SSSR count). The number of carboxylic acid groups (broad SMARTS) is 1. The van der Waals surface area contributed by atoms with Crippen molar-refractivity contribution in [2.45, 2.75) is 25.8 Å². The fourth-order valence-corrected chi connectivity index (χ4v) is 2.88. The van der Waals surface area contributed by atoms with Crippen LogP contribution in [0.4, 0.5) is 0 Å². The van der Waals surface area contributed by atoms with Gasteiger partial charge in [-0.2, -0.15) is 0 Å². The second kappa shape index (κ2) is 6.40. The molecule has 0 spiro atoms. The highest BCUT2D eigenvalue weighted by Crippen LogP contribution is 2.32. The summed E-state index contributed by atoms with van der Waals surface area (Å²) in [6, 6.07) is 6.48. The van der Waals surface area contributed by atoms with Gasteiger partial charge in [0.1, 0.15) is 0 Å². The number of nitrogens with zero attached hydrogens (tertiary/aromatic N) is 1. The highest BCUT2D eigenvalue weighted by atomic mass is 16.4. The van der Waals surface area contributed by atoms with Gasteiger partial charge in [0.05, 0.1) is 11.5 Å². The van der Waals surface area contributed by atoms with Crippen LogP contribution >= 0.6 is 0 Å². The van der Waals surface area contributed by atoms with Crippen molar-refractivity contribution in [3.8, 4) is 0 Å². The number of hydrogen-bond acceptors (Lipinski definition) is 3. The van der Waals surface area contributed by atoms with Crippen molar-refractivity contribution < 1.29 is 19.5 Å². The number of nitrogens with one attached hydrogen (secondary N) is 1. The van der Waals surface area contributed by atoms with Gasteiger partial charge < -0.3 is 15.3 Å². The van der Waals surface area contributed by atoms with Gasteiger partial charge in [0.2, 0.25) is 11.8 Å². The Balaban J connectivity index is 1.52. The number of rotatable bonds is 6. The van der Waals surface area contributed by atoms with Crippen molar-refractivity contribution in [2.75, 3.05) is 13.1 Å². The average molecular weight is 316 g/mol. The average Bonchev–Trinajstić information content (AvgIpc) is 3.28. The van der Waals surface area contributed by atoms with E-state index in [9.17, 15) is 14.4 Å². The summed E-state index contributed by atoms with van der Waals surface area (Å²) in [5.41, 5.74) is 0.931. The summed E-state index contributed by atoms with van der Waals surface area (Å²) in [6.45, 7) is 1.55. The fraction of sp³-hybridized carbons (Fsp3) is 0.471. The van der Waals surface area contributed by atoms with Crippen molar-refractivity contribution in [3.63, 3.8) is 0 Å². The fourth-order valence-electron chi connectivity index (χ4n) is 2.88. The third kappa shape index (κ3) is 3.88. The predicted molar refractivity (Wildman–Crippen MR) is 82.7 cm³/mol. The van der Waals surface area contributed by atoms with Crippen LogP contribution in [0.2, 0.25) is 0 Å². The van der Waals surface area contributed by atoms with E-state index in [0.29, 0.717) is 12.5 Å². The van der Waals surface area contributed by atoms with Crippen LogP contribution in [-0.4, -0.2) is 40.9 Å². The molecular weight excluding hydrogens is 296 g/mol. The molecule has 0 unspecified atom stereocenters. The van der Waals surface area contributed by atoms with Crippen LogP contribution in [0.3, 0.4) is 0 Å². The number of amides is 2. The van der Waals surface area contributed by atoms with Gasteiger partial charge in [-0.3, -0.25) is 9.59 Å². The van der Waals surface area contributed by atoms with Crippen molar-refractivity contribution in [3.05, 3.63) is 35.4 Å². The molecule has 1 aliphatic heterocycles. The minimum atomic E-state index is -0.990. The first kappa shape index (κ1) is 15.5. The summed E-state index contributed by atoms with van der Waals surface area (Å²) in [4.78, 5) is 36.9. The highest BCUT2D eigenvalue weighted by molar-refractivity contribution is 5.89. The molecular formula is C17H20N2O4. The lowest BCUT2D eigenvalue weighted by Gasteiger charge is -2.16. The van der Waals surface area contributed by atoms with Crippen LogP contribution in [0.1, 0.15) is 35.2 Å². The molecule has 0 radical (unpaired) electrons. The normalized spacial score (nSPS) is 20.6. The third-order valence-corrected chi connectivity index (χ3v) is 4.40. The molecule has 1 aliphatic carbocycles. The first-order chi connectivity index (χ1) is 11.0. The van der Waals surface area contributed by atoms with Gasteiger partial charge in [0, 0.05) is 26.1 Å². The van der Waals surface area contributed by atoms with E-state index in [1.54, 1.807) is 23.1 Å². The first-order valence-corrected chi connectivity index (χ1v) is 7.90. The maximum atomic E-state index is 12.2. The molecule has 2 amide bonds. The summed E-state index contributed by atoms with van der Waals surface area (Å²) in [7, 11) is 0. The Labute approximate surface area is 134 Å². The van der Waals surface area contributed by atoms with E-state index >= 15 is 0 Å². The zero-order valence-corrected chi connectivity index (χ0v) is 12.8. The van der Waals surface area contributed by atoms with E-state index in [1.807, 2.05) is 0 Å². The zero-order valence-electron chi connectivity index (χ0n) is 12.8. The molecule has 1 aromatic carbocycles. The molecule has 2 aliphatic rings. The van der Waals surface area contributed by atoms with Gasteiger partial charge in [-0.25, -0.2) is 4.79 Å². The SMILES string of the molecule is O=C(O)c1cccc(CNC(=O)[C@@H]2CC(=O)N(CC3CC3)C2)c1. The Morgan fingerprint density at radius 3 is 2.78 bits per heavy atom. The molecule has 2 fully saturated rings. The van der Waals surface area contributed by atoms with Crippen LogP contribution < -0.4 is 5.32 Å². The Morgan fingerprint density at radius 1 is 1.30 bits per heavy atom. The lowest BCUT2D eigenvalue weighted by Crippen LogP contribution is -2.33. The monoisotopic (exact) mass is 316 g/mol. The number of likely N-dealkylation sites (tertiary alicyclic amines) is 1. The third-order valence-electron chi connectivity index (χ3n) is 4.40. The van der Waals surface area contributed by atoms with Crippen molar-refractivity contribution >= 4 is 17.8 Å². The molecule has 1 atom stereocenters. The van der Waals surface area contributed by atoms with Crippen LogP contribution in [0, 0.1) is 11.8 Å². The molecule has 23 heavy (non-hydrogen) atoms. The maximum Gasteiger partial charge on any atom is 0.335 e. The number of hydrogen-bond donors (Lipinski definition) is 2. The van der Waals surface area contributed by atoms with Crippen molar-refractivity contribution in [1.82, 2.24) is 10.2 Å². The van der Waals surface area contributed by atoms with Crippen LogP contribution in [-0.2, 0) is 16.1 Å². The standard InChI is InChI=1S/C17H20N2O4/c20-15-7-14(10-19(15)9-11-4-5-11)16(21)18-8-12-2-1-3-13(6-12)17(22)23/h1-3,6,11,14H,4-5,7-10H2,(H,18,21)(H,22,23)/t14-/m1/s1. The summed E-state index contributed by atoms with van der Waals surface area (Å²) in [6.07, 6.45) is 2.63. The van der Waals surface area contributed by atoms with Gasteiger partial charge >= 0.3 is 5.97 Å². The summed E-state index contributed by atoms with van der Waals surface area (Å²) >= 11 is 0. The molecule has 0 bridgehead atoms. The lowest BCUT2D eigenvalue weighted by molar-refractivity contribution is -0.129. The minimum absolute atomic E-state index is 0.0601. The Hall–Kier alpha value is -2.37. The zero-order chi connectivity index (χ0) is 16.4. The largest absolute Gasteiger partial charge is 0.478 e. The van der Waals surface area contributed by atoms with E-state index in [1.165, 1.54) is 18.9 Å². The van der Waals surface area contributed by atoms with Gasteiger partial charge in [0.15, 0.2) is 0 Å². The van der Waals surface area contributed by atoms with E-state index < -0.39 is 5.97 Å². The maximum absolute atomic E-state index is 12.2. The van der Waals surface area contributed by atoms with E-state index in [4.69, 9.17) is 5.11 Å². The Bertz CT molecular complexity index is 639. The molecule has 122 valence electrons. The van der Waals surface area contributed by atoms with Crippen molar-refractivity contribution in [1.29, 1.82) is 0 Å². The molecule has 6 heteroatoms. The Kier molecular flexibility index (Phi) is 4.32. The van der Waals surface area contributed by atoms with Crippen molar-refractivity contribution in [2.24, 2.45) is 11.8 Å². The summed E-state index contributed by atoms with van der Waals surface area (Å²) < 4.78 is 0. The Morgan fingerprint density at radius 2 is 2.09 bits per heavy atom. The van der Waals surface area contributed by atoms with Gasteiger partial charge in [-0.1, -0.05) is 12.1 Å². The quantitative estimate of drug-likeness (QED) is 0.827. The van der Waals surface area contributed by atoms with Gasteiger partial charge in [0.25, 0.3) is 0 Å². The number of benzene rings is 1. The van der Waals surface area contributed by atoms with Crippen LogP contribution in [0.5, 0.6) is 0 Å². The molecule has 1 saturated carbocycles. The second-order valence-corrected chi connectivity index (χ2v) is 6.37. The van der Waals surface area contributed by atoms with Crippen LogP contribution in [0.25, 0.3) is 0 Å². The molecule has 1 heterocycles. The summed E-state index contributed by atoms with van der Waals surface area (Å²) in [5, 5.41) is 11.8. The topological polar surface area (TPSA) is 86.7 Å². The number of aromatic carboxylic acids is 1. The second-order valence-electron chi connectivity index (χ2n) is 6.37. The minimum Gasteiger partial charge on any atom is -0.478 e. The lowest BCUT2D eigenvalue weighted by atomic mass is 10.1. The number of carboxylic acids is 1. The number of carbonyl (C=O) groups excluding carboxylic acids is 2. The molecule has 2 N–H and O–H groups in total. The molecule has 6 nitrogen and oxygen atoms in total. The van der Waals surface area contributed by atoms with E-state index in [0.717, 1.165) is 12.1 Å². The van der Waals surface area contributed by atoms with E-state index in [2.05, 4.69) is 5.32 Å². The smallest absolute Gasteiger partial charge is 0.335 e. The molecule has 0 aromatic heterocycles. The molecule has 1 aromatic rings. The molecule has 1 saturated heterocycles. The first-order valence-electron chi connectivity index (χ1n) is 7.90. The van der Waals surface area contributed by atoms with E-state index in [-0.39, 0.29) is 36.3 Å². The highest BCUT2D eigenvalue weighted by Gasteiger charge is 2.36. The van der Waals surface area contributed by atoms with Gasteiger partial charge in [-0.05, 0) is 36.5 Å². The number of carbonyl (C=O) groups is 3. The summed E-state index contributed by atoms with van der Waals surface area (Å²) in [5.74, 6) is -0.749.